The summed E-state index contributed by atoms with van der Waals surface area (Å²) < 4.78 is 21.9. The number of anilines is 1. The summed E-state index contributed by atoms with van der Waals surface area (Å²) in [4.78, 5) is 28.1. The van der Waals surface area contributed by atoms with Crippen LogP contribution in [0.4, 0.5) is 5.69 Å². The number of hydrogen-bond donors (Lipinski definition) is 2. The van der Waals surface area contributed by atoms with Gasteiger partial charge in [-0.2, -0.15) is 0 Å². The van der Waals surface area contributed by atoms with E-state index in [1.807, 2.05) is 0 Å². The number of hydrogen-bond acceptors (Lipinski definition) is 8. The Morgan fingerprint density at radius 3 is 2.21 bits per heavy atom. The summed E-state index contributed by atoms with van der Waals surface area (Å²) in [5, 5.41) is 22.2. The lowest BCUT2D eigenvalue weighted by molar-refractivity contribution is -0.132. The summed E-state index contributed by atoms with van der Waals surface area (Å²) in [5.41, 5.74) is 0.274. The molecule has 3 aromatic rings. The van der Waals surface area contributed by atoms with Gasteiger partial charge in [0.05, 0.1) is 50.3 Å². The third kappa shape index (κ3) is 4.56. The van der Waals surface area contributed by atoms with Crippen LogP contribution in [-0.2, 0) is 9.59 Å². The van der Waals surface area contributed by atoms with E-state index in [2.05, 4.69) is 0 Å². The van der Waals surface area contributed by atoms with Gasteiger partial charge in [-0.1, -0.05) is 23.7 Å². The van der Waals surface area contributed by atoms with E-state index in [0.29, 0.717) is 23.7 Å². The van der Waals surface area contributed by atoms with E-state index in [-0.39, 0.29) is 39.1 Å². The number of aromatic hydroxyl groups is 1. The van der Waals surface area contributed by atoms with Crippen LogP contribution in [0.1, 0.15) is 24.1 Å². The molecule has 10 heteroatoms. The zero-order valence-corrected chi connectivity index (χ0v) is 21.9. The van der Waals surface area contributed by atoms with Crippen molar-refractivity contribution >= 4 is 34.7 Å². The van der Waals surface area contributed by atoms with Crippen molar-refractivity contribution in [3.05, 3.63) is 76.3 Å². The number of amides is 1. The first-order chi connectivity index (χ1) is 18.3. The molecule has 0 radical (unpaired) electrons. The first kappa shape index (κ1) is 26.7. The molecule has 38 heavy (non-hydrogen) atoms. The fourth-order valence-electron chi connectivity index (χ4n) is 4.41. The normalized spacial score (nSPS) is 16.4. The van der Waals surface area contributed by atoms with Gasteiger partial charge < -0.3 is 29.2 Å². The smallest absolute Gasteiger partial charge is 0.300 e. The van der Waals surface area contributed by atoms with Crippen LogP contribution in [0.25, 0.3) is 5.76 Å². The zero-order valence-electron chi connectivity index (χ0n) is 21.1. The molecule has 3 aromatic carbocycles. The lowest BCUT2D eigenvalue weighted by atomic mass is 9.94. The Kier molecular flexibility index (Phi) is 7.68. The molecule has 9 nitrogen and oxygen atoms in total. The average Bonchev–Trinajstić information content (AvgIpc) is 3.18. The van der Waals surface area contributed by atoms with Crippen molar-refractivity contribution < 1.29 is 38.7 Å². The van der Waals surface area contributed by atoms with Crippen molar-refractivity contribution in [3.63, 3.8) is 0 Å². The Hall–Kier alpha value is -4.37. The average molecular weight is 540 g/mol. The Morgan fingerprint density at radius 2 is 1.63 bits per heavy atom. The maximum Gasteiger partial charge on any atom is 0.300 e. The second-order valence-corrected chi connectivity index (χ2v) is 8.60. The van der Waals surface area contributed by atoms with Gasteiger partial charge >= 0.3 is 0 Å². The number of halogens is 1. The summed E-state index contributed by atoms with van der Waals surface area (Å²) in [5.74, 6) is -1.42. The van der Waals surface area contributed by atoms with Gasteiger partial charge in [-0.05, 0) is 55.0 Å². The number of Topliss-reactive ketones (excluding diaryl/α,β-unsaturated/α-hetero) is 1. The first-order valence-electron chi connectivity index (χ1n) is 11.6. The van der Waals surface area contributed by atoms with Gasteiger partial charge in [0.2, 0.25) is 5.75 Å². The second-order valence-electron chi connectivity index (χ2n) is 8.19. The van der Waals surface area contributed by atoms with Crippen molar-refractivity contribution in [1.29, 1.82) is 0 Å². The van der Waals surface area contributed by atoms with Crippen LogP contribution in [0, 0.1) is 0 Å². The highest BCUT2D eigenvalue weighted by Gasteiger charge is 2.48. The number of aliphatic hydroxyl groups excluding tert-OH is 1. The van der Waals surface area contributed by atoms with E-state index in [1.165, 1.54) is 45.6 Å². The molecular formula is C28H26ClNO8. The van der Waals surface area contributed by atoms with Crippen LogP contribution in [-0.4, -0.2) is 49.8 Å². The van der Waals surface area contributed by atoms with Crippen LogP contribution in [0.15, 0.2) is 60.2 Å². The lowest BCUT2D eigenvalue weighted by Gasteiger charge is -2.27. The van der Waals surface area contributed by atoms with E-state index in [0.717, 1.165) is 4.90 Å². The van der Waals surface area contributed by atoms with Crippen molar-refractivity contribution in [2.45, 2.75) is 13.0 Å². The van der Waals surface area contributed by atoms with Crippen LogP contribution in [0.3, 0.4) is 0 Å². The van der Waals surface area contributed by atoms with Crippen LogP contribution < -0.4 is 23.8 Å². The molecule has 0 aliphatic carbocycles. The van der Waals surface area contributed by atoms with Gasteiger partial charge in [-0.15, -0.1) is 0 Å². The molecule has 1 aliphatic heterocycles. The fourth-order valence-corrected chi connectivity index (χ4v) is 4.62. The van der Waals surface area contributed by atoms with Gasteiger partial charge in [-0.3, -0.25) is 14.5 Å². The third-order valence-electron chi connectivity index (χ3n) is 6.09. The minimum Gasteiger partial charge on any atom is -0.507 e. The van der Waals surface area contributed by atoms with E-state index in [9.17, 15) is 19.8 Å². The number of aliphatic hydroxyl groups is 1. The number of ether oxygens (including phenoxy) is 4. The van der Waals surface area contributed by atoms with E-state index >= 15 is 0 Å². The highest BCUT2D eigenvalue weighted by atomic mass is 35.5. The summed E-state index contributed by atoms with van der Waals surface area (Å²) in [6.45, 7) is 2.17. The lowest BCUT2D eigenvalue weighted by Crippen LogP contribution is -2.29. The highest BCUT2D eigenvalue weighted by Crippen LogP contribution is 2.49. The molecule has 0 bridgehead atoms. The molecule has 0 saturated carbocycles. The summed E-state index contributed by atoms with van der Waals surface area (Å²) >= 11 is 6.40. The van der Waals surface area contributed by atoms with Gasteiger partial charge in [0, 0.05) is 5.56 Å². The predicted octanol–water partition coefficient (Wildman–Crippen LogP) is 5.10. The topological polar surface area (TPSA) is 115 Å². The highest BCUT2D eigenvalue weighted by molar-refractivity contribution is 6.52. The van der Waals surface area contributed by atoms with Crippen molar-refractivity contribution in [2.75, 3.05) is 32.8 Å². The Bertz CT molecular complexity index is 1410. The van der Waals surface area contributed by atoms with E-state index in [1.54, 1.807) is 37.3 Å². The molecule has 1 atom stereocenters. The Labute approximate surface area is 224 Å². The first-order valence-corrected chi connectivity index (χ1v) is 12.0. The molecular weight excluding hydrogens is 514 g/mol. The molecule has 2 N–H and O–H groups in total. The number of phenolic OH excluding ortho intramolecular Hbond substituents is 1. The minimum atomic E-state index is -1.19. The van der Waals surface area contributed by atoms with Crippen LogP contribution >= 0.6 is 11.6 Å². The summed E-state index contributed by atoms with van der Waals surface area (Å²) in [6, 6.07) is 12.7. The molecule has 1 amide bonds. The van der Waals surface area contributed by atoms with E-state index in [4.69, 9.17) is 30.5 Å². The molecule has 1 aliphatic rings. The quantitative estimate of drug-likeness (QED) is 0.231. The maximum atomic E-state index is 13.5. The minimum absolute atomic E-state index is 0.0709. The number of ketones is 1. The van der Waals surface area contributed by atoms with E-state index < -0.39 is 23.5 Å². The van der Waals surface area contributed by atoms with Crippen LogP contribution in [0.2, 0.25) is 5.02 Å². The fraction of sp³-hybridized carbons (Fsp3) is 0.214. The largest absolute Gasteiger partial charge is 0.507 e. The molecule has 1 heterocycles. The third-order valence-corrected chi connectivity index (χ3v) is 6.42. The van der Waals surface area contributed by atoms with Gasteiger partial charge in [0.15, 0.2) is 11.5 Å². The molecule has 198 valence electrons. The molecule has 0 spiro atoms. The van der Waals surface area contributed by atoms with Crippen LogP contribution in [0.5, 0.6) is 28.7 Å². The Morgan fingerprint density at radius 1 is 0.974 bits per heavy atom. The second kappa shape index (κ2) is 10.9. The number of carbonyl (C=O) groups is 2. The number of nitrogens with zero attached hydrogens (tertiary/aromatic N) is 1. The molecule has 1 fully saturated rings. The van der Waals surface area contributed by atoms with Gasteiger partial charge in [-0.25, -0.2) is 0 Å². The number of para-hydroxylation sites is 2. The number of benzene rings is 3. The molecule has 1 unspecified atom stereocenters. The number of methoxy groups -OCH3 is 3. The van der Waals surface area contributed by atoms with Gasteiger partial charge in [0.25, 0.3) is 11.7 Å². The summed E-state index contributed by atoms with van der Waals surface area (Å²) in [6.07, 6.45) is 0. The van der Waals surface area contributed by atoms with Gasteiger partial charge in [0.1, 0.15) is 17.3 Å². The molecule has 1 saturated heterocycles. The number of phenols is 1. The maximum absolute atomic E-state index is 13.5. The number of rotatable bonds is 8. The predicted molar refractivity (Wildman–Crippen MR) is 142 cm³/mol. The van der Waals surface area contributed by atoms with Crippen molar-refractivity contribution in [1.82, 2.24) is 0 Å². The summed E-state index contributed by atoms with van der Waals surface area (Å²) in [7, 11) is 4.31. The standard InChI is InChI=1S/C28H26ClNO8/c1-5-38-16-10-11-18(29)17(14-16)25(32)23-24(15-12-21(35-2)27(37-4)22(13-15)36-3)30(28(34)26(23)33)19-8-6-7-9-20(19)31/h6-14,24,31-32H,5H2,1-4H3/b25-23+. The van der Waals surface area contributed by atoms with Crippen molar-refractivity contribution in [3.8, 4) is 28.7 Å². The molecule has 0 aromatic heterocycles. The Balaban J connectivity index is 2.05. The SMILES string of the molecule is CCOc1ccc(Cl)c(/C(O)=C2\C(=O)C(=O)N(c3ccccc3O)C2c2cc(OC)c(OC)c(OC)c2)c1. The zero-order chi connectivity index (χ0) is 27.6. The van der Waals surface area contributed by atoms with Crippen molar-refractivity contribution in [2.24, 2.45) is 0 Å². The monoisotopic (exact) mass is 539 g/mol. The number of carbonyl (C=O) groups excluding carboxylic acids is 2. The molecule has 4 rings (SSSR count).